The van der Waals surface area contributed by atoms with E-state index < -0.39 is 6.04 Å². The van der Waals surface area contributed by atoms with Gasteiger partial charge in [0.05, 0.1) is 32.5 Å². The Morgan fingerprint density at radius 3 is 2.59 bits per heavy atom. The van der Waals surface area contributed by atoms with Crippen LogP contribution in [0.1, 0.15) is 34.7 Å². The molecule has 3 aromatic rings. The molecule has 2 N–H and O–H groups in total. The molecule has 0 radical (unpaired) electrons. The number of aryl methyl sites for hydroxylation is 1. The number of carbonyl (C=O) groups is 2. The molecule has 3 rings (SSSR count). The Bertz CT molecular complexity index is 1230. The quantitative estimate of drug-likeness (QED) is 0.199. The first kappa shape index (κ1) is 26.1. The zero-order chi connectivity index (χ0) is 24.8. The molecule has 0 fully saturated rings. The SMILES string of the molecule is C=CCn1c(SCC(=O)Nc2cc(Cl)c(Cl)cc2Cl)nnc1C(C)NC(=O)c1cccc(C)c1. The molecule has 0 saturated carbocycles. The van der Waals surface area contributed by atoms with Crippen molar-refractivity contribution in [2.75, 3.05) is 11.1 Å². The first-order valence-electron chi connectivity index (χ1n) is 10.2. The smallest absolute Gasteiger partial charge is 0.251 e. The maximum absolute atomic E-state index is 12.6. The van der Waals surface area contributed by atoms with Gasteiger partial charge in [0.25, 0.3) is 5.91 Å². The molecule has 11 heteroatoms. The average molecular weight is 539 g/mol. The van der Waals surface area contributed by atoms with Gasteiger partial charge in [-0.25, -0.2) is 0 Å². The minimum atomic E-state index is -0.418. The number of rotatable bonds is 9. The minimum Gasteiger partial charge on any atom is -0.342 e. The fraction of sp³-hybridized carbons (Fsp3) is 0.217. The highest BCUT2D eigenvalue weighted by Crippen LogP contribution is 2.32. The molecule has 178 valence electrons. The predicted octanol–water partition coefficient (Wildman–Crippen LogP) is 5.95. The van der Waals surface area contributed by atoms with Gasteiger partial charge in [0.1, 0.15) is 0 Å². The van der Waals surface area contributed by atoms with E-state index in [1.165, 1.54) is 23.9 Å². The molecule has 0 aliphatic carbocycles. The van der Waals surface area contributed by atoms with Crippen molar-refractivity contribution in [3.63, 3.8) is 0 Å². The molecule has 0 bridgehead atoms. The van der Waals surface area contributed by atoms with E-state index in [4.69, 9.17) is 34.8 Å². The molecule has 1 heterocycles. The zero-order valence-electron chi connectivity index (χ0n) is 18.4. The van der Waals surface area contributed by atoms with Crippen LogP contribution < -0.4 is 10.6 Å². The molecular weight excluding hydrogens is 517 g/mol. The lowest BCUT2D eigenvalue weighted by Crippen LogP contribution is -2.29. The van der Waals surface area contributed by atoms with Crippen molar-refractivity contribution >= 4 is 64.1 Å². The van der Waals surface area contributed by atoms with E-state index in [1.54, 1.807) is 16.7 Å². The maximum Gasteiger partial charge on any atom is 0.251 e. The van der Waals surface area contributed by atoms with Gasteiger partial charge in [-0.05, 0) is 38.1 Å². The molecule has 0 spiro atoms. The first-order valence-corrected chi connectivity index (χ1v) is 12.3. The second kappa shape index (κ2) is 11.8. The van der Waals surface area contributed by atoms with Gasteiger partial charge in [0.2, 0.25) is 5.91 Å². The third kappa shape index (κ3) is 6.54. The number of aromatic nitrogens is 3. The van der Waals surface area contributed by atoms with Crippen molar-refractivity contribution in [3.8, 4) is 0 Å². The van der Waals surface area contributed by atoms with Crippen LogP contribution in [0.2, 0.25) is 15.1 Å². The number of nitrogens with one attached hydrogen (secondary N) is 2. The second-order valence-corrected chi connectivity index (χ2v) is 9.55. The number of nitrogens with zero attached hydrogens (tertiary/aromatic N) is 3. The summed E-state index contributed by atoms with van der Waals surface area (Å²) in [5, 5.41) is 15.5. The highest BCUT2D eigenvalue weighted by Gasteiger charge is 2.21. The van der Waals surface area contributed by atoms with Crippen LogP contribution >= 0.6 is 46.6 Å². The van der Waals surface area contributed by atoms with E-state index in [-0.39, 0.29) is 27.6 Å². The van der Waals surface area contributed by atoms with Crippen LogP contribution in [0.4, 0.5) is 5.69 Å². The molecule has 0 aliphatic heterocycles. The summed E-state index contributed by atoms with van der Waals surface area (Å²) < 4.78 is 1.80. The molecular formula is C23H22Cl3N5O2S. The van der Waals surface area contributed by atoms with Gasteiger partial charge in [0.15, 0.2) is 11.0 Å². The largest absolute Gasteiger partial charge is 0.342 e. The summed E-state index contributed by atoms with van der Waals surface area (Å²) in [5.41, 5.74) is 1.92. The van der Waals surface area contributed by atoms with Gasteiger partial charge in [-0.3, -0.25) is 9.59 Å². The van der Waals surface area contributed by atoms with Crippen LogP contribution in [0.25, 0.3) is 0 Å². The number of thioether (sulfide) groups is 1. The molecule has 0 aliphatic rings. The molecule has 34 heavy (non-hydrogen) atoms. The highest BCUT2D eigenvalue weighted by atomic mass is 35.5. The summed E-state index contributed by atoms with van der Waals surface area (Å²) in [6.45, 7) is 7.94. The van der Waals surface area contributed by atoms with Crippen molar-refractivity contribution in [3.05, 3.63) is 81.1 Å². The van der Waals surface area contributed by atoms with Gasteiger partial charge in [-0.15, -0.1) is 16.8 Å². The standard InChI is InChI=1S/C23H22Cl3N5O2S/c1-4-8-31-21(14(3)27-22(33)15-7-5-6-13(2)9-15)29-30-23(31)34-12-20(32)28-19-11-17(25)16(24)10-18(19)26/h4-7,9-11,14H,1,8,12H2,2-3H3,(H,27,33)(H,28,32). The van der Waals surface area contributed by atoms with Crippen LogP contribution in [-0.2, 0) is 11.3 Å². The van der Waals surface area contributed by atoms with E-state index in [0.717, 1.165) is 5.56 Å². The molecule has 1 atom stereocenters. The van der Waals surface area contributed by atoms with Crippen molar-refractivity contribution < 1.29 is 9.59 Å². The molecule has 7 nitrogen and oxygen atoms in total. The summed E-state index contributed by atoms with van der Waals surface area (Å²) in [6, 6.07) is 9.87. The Balaban J connectivity index is 1.68. The summed E-state index contributed by atoms with van der Waals surface area (Å²) >= 11 is 19.3. The van der Waals surface area contributed by atoms with E-state index in [2.05, 4.69) is 27.4 Å². The van der Waals surface area contributed by atoms with Gasteiger partial charge in [0, 0.05) is 12.1 Å². The number of hydrogen-bond acceptors (Lipinski definition) is 5. The Kier molecular flexibility index (Phi) is 9.02. The van der Waals surface area contributed by atoms with E-state index in [9.17, 15) is 9.59 Å². The fourth-order valence-corrected chi connectivity index (χ4v) is 4.44. The van der Waals surface area contributed by atoms with Crippen molar-refractivity contribution in [1.82, 2.24) is 20.1 Å². The third-order valence-corrected chi connectivity index (χ3v) is 6.69. The monoisotopic (exact) mass is 537 g/mol. The summed E-state index contributed by atoms with van der Waals surface area (Å²) in [7, 11) is 0. The first-order chi connectivity index (χ1) is 16.2. The Morgan fingerprint density at radius 2 is 1.88 bits per heavy atom. The van der Waals surface area contributed by atoms with Gasteiger partial charge in [-0.2, -0.15) is 0 Å². The molecule has 2 aromatic carbocycles. The topological polar surface area (TPSA) is 88.9 Å². The summed E-state index contributed by atoms with van der Waals surface area (Å²) in [4.78, 5) is 25.1. The van der Waals surface area contributed by atoms with Crippen LogP contribution in [0, 0.1) is 6.92 Å². The lowest BCUT2D eigenvalue weighted by atomic mass is 10.1. The van der Waals surface area contributed by atoms with Gasteiger partial charge >= 0.3 is 0 Å². The van der Waals surface area contributed by atoms with Crippen molar-refractivity contribution in [2.24, 2.45) is 0 Å². The number of allylic oxidation sites excluding steroid dienone is 1. The lowest BCUT2D eigenvalue weighted by Gasteiger charge is -2.15. The number of benzene rings is 2. The summed E-state index contributed by atoms with van der Waals surface area (Å²) in [6.07, 6.45) is 1.70. The normalized spacial score (nSPS) is 11.7. The van der Waals surface area contributed by atoms with E-state index >= 15 is 0 Å². The third-order valence-electron chi connectivity index (χ3n) is 4.69. The zero-order valence-corrected chi connectivity index (χ0v) is 21.5. The average Bonchev–Trinajstić information content (AvgIpc) is 3.19. The molecule has 1 unspecified atom stereocenters. The number of halogens is 3. The van der Waals surface area contributed by atoms with Gasteiger partial charge in [-0.1, -0.05) is 70.3 Å². The van der Waals surface area contributed by atoms with E-state index in [0.29, 0.717) is 33.8 Å². The summed E-state index contributed by atoms with van der Waals surface area (Å²) in [5.74, 6) is 0.0872. The fourth-order valence-electron chi connectivity index (χ4n) is 3.09. The van der Waals surface area contributed by atoms with Crippen molar-refractivity contribution in [2.45, 2.75) is 31.6 Å². The molecule has 1 aromatic heterocycles. The van der Waals surface area contributed by atoms with Crippen molar-refractivity contribution in [1.29, 1.82) is 0 Å². The Morgan fingerprint density at radius 1 is 1.15 bits per heavy atom. The predicted molar refractivity (Wildman–Crippen MR) is 138 cm³/mol. The number of hydrogen-bond donors (Lipinski definition) is 2. The maximum atomic E-state index is 12.6. The number of amides is 2. The lowest BCUT2D eigenvalue weighted by molar-refractivity contribution is -0.113. The second-order valence-electron chi connectivity index (χ2n) is 7.39. The van der Waals surface area contributed by atoms with Crippen LogP contribution in [0.3, 0.4) is 0 Å². The Hall–Kier alpha value is -2.52. The van der Waals surface area contributed by atoms with Crippen LogP contribution in [0.5, 0.6) is 0 Å². The molecule has 0 saturated heterocycles. The highest BCUT2D eigenvalue weighted by molar-refractivity contribution is 7.99. The number of anilines is 1. The van der Waals surface area contributed by atoms with Crippen LogP contribution in [0.15, 0.2) is 54.2 Å². The molecule has 2 amide bonds. The minimum absolute atomic E-state index is 0.0515. The van der Waals surface area contributed by atoms with E-state index in [1.807, 2.05) is 32.0 Å². The van der Waals surface area contributed by atoms with Crippen LogP contribution in [-0.4, -0.2) is 32.3 Å². The van der Waals surface area contributed by atoms with Gasteiger partial charge < -0.3 is 15.2 Å². The Labute approximate surface area is 216 Å². The number of carbonyl (C=O) groups excluding carboxylic acids is 2.